The SMILES string of the molecule is Cc1ncc2n1C(=O)N(C1CCN(C(=O)[C@@H](CS(=O)(=O)c3ccc4cc(Cl)ccc4c3)NC(=O)C(F)(F)F)CC1)C2. The van der Waals surface area contributed by atoms with Crippen molar-refractivity contribution in [3.05, 3.63) is 59.1 Å². The van der Waals surface area contributed by atoms with E-state index in [4.69, 9.17) is 11.6 Å². The summed E-state index contributed by atoms with van der Waals surface area (Å²) in [7, 11) is -4.32. The summed E-state index contributed by atoms with van der Waals surface area (Å²) in [6.07, 6.45) is -3.05. The van der Waals surface area contributed by atoms with E-state index in [1.165, 1.54) is 27.7 Å². The van der Waals surface area contributed by atoms with E-state index in [-0.39, 0.29) is 30.1 Å². The lowest BCUT2D eigenvalue weighted by atomic mass is 10.0. The number of fused-ring (bicyclic) bond motifs is 2. The number of likely N-dealkylation sites (tertiary alicyclic amines) is 1. The number of amides is 3. The Morgan fingerprint density at radius 3 is 2.44 bits per heavy atom. The molecule has 0 aliphatic carbocycles. The van der Waals surface area contributed by atoms with E-state index in [0.29, 0.717) is 41.0 Å². The van der Waals surface area contributed by atoms with Crippen LogP contribution in [0.4, 0.5) is 18.0 Å². The standard InChI is InChI=1S/C26H25ClF3N5O5S/c1-15-31-12-20-13-34(25(38)35(15)20)19-6-8-33(9-7-19)23(36)22(32-24(37)26(28,29)30)14-41(39,40)21-5-3-16-10-18(27)4-2-17(16)11-21/h2-5,10-12,19,22H,6-9,13-14H2,1H3,(H,32,37)/t22-/m1/s1. The van der Waals surface area contributed by atoms with E-state index >= 15 is 0 Å². The number of aromatic nitrogens is 2. The van der Waals surface area contributed by atoms with Gasteiger partial charge in [0.15, 0.2) is 9.84 Å². The van der Waals surface area contributed by atoms with E-state index in [2.05, 4.69) is 4.98 Å². The number of piperidine rings is 1. The van der Waals surface area contributed by atoms with Gasteiger partial charge in [-0.15, -0.1) is 0 Å². The van der Waals surface area contributed by atoms with Crippen molar-refractivity contribution in [2.24, 2.45) is 0 Å². The van der Waals surface area contributed by atoms with Gasteiger partial charge in [-0.2, -0.15) is 13.2 Å². The minimum absolute atomic E-state index is 0.0641. The fourth-order valence-electron chi connectivity index (χ4n) is 5.26. The van der Waals surface area contributed by atoms with Crippen molar-refractivity contribution in [3.8, 4) is 0 Å². The summed E-state index contributed by atoms with van der Waals surface area (Å²) < 4.78 is 67.4. The van der Waals surface area contributed by atoms with Crippen molar-refractivity contribution in [1.29, 1.82) is 0 Å². The van der Waals surface area contributed by atoms with Gasteiger partial charge < -0.3 is 15.1 Å². The maximum atomic E-state index is 13.4. The molecule has 0 radical (unpaired) electrons. The largest absolute Gasteiger partial charge is 0.471 e. The van der Waals surface area contributed by atoms with Crippen molar-refractivity contribution in [2.45, 2.75) is 49.5 Å². The van der Waals surface area contributed by atoms with Gasteiger partial charge in [0.25, 0.3) is 0 Å². The van der Waals surface area contributed by atoms with Gasteiger partial charge in [-0.25, -0.2) is 18.2 Å². The quantitative estimate of drug-likeness (QED) is 0.457. The van der Waals surface area contributed by atoms with Crippen LogP contribution in [0.3, 0.4) is 0 Å². The van der Waals surface area contributed by atoms with Crippen molar-refractivity contribution in [3.63, 3.8) is 0 Å². The molecule has 0 saturated carbocycles. The molecule has 0 spiro atoms. The Bertz CT molecular complexity index is 1650. The van der Waals surface area contributed by atoms with Gasteiger partial charge in [-0.3, -0.25) is 14.2 Å². The van der Waals surface area contributed by atoms with E-state index in [1.807, 2.05) is 0 Å². The van der Waals surface area contributed by atoms with Crippen LogP contribution in [0, 0.1) is 6.92 Å². The van der Waals surface area contributed by atoms with E-state index < -0.39 is 39.6 Å². The van der Waals surface area contributed by atoms with Gasteiger partial charge in [0, 0.05) is 24.2 Å². The van der Waals surface area contributed by atoms with Gasteiger partial charge in [0.05, 0.1) is 29.1 Å². The molecular formula is C26H25ClF3N5O5S. The van der Waals surface area contributed by atoms with Crippen LogP contribution in [0.1, 0.15) is 24.4 Å². The normalized spacial score (nSPS) is 17.1. The maximum absolute atomic E-state index is 13.4. The minimum Gasteiger partial charge on any atom is -0.341 e. The third-order valence-electron chi connectivity index (χ3n) is 7.38. The van der Waals surface area contributed by atoms with E-state index in [1.54, 1.807) is 41.5 Å². The molecule has 2 aliphatic heterocycles. The highest BCUT2D eigenvalue weighted by molar-refractivity contribution is 7.91. The number of rotatable bonds is 6. The number of hydrogen-bond donors (Lipinski definition) is 1. The number of carbonyl (C=O) groups is 3. The highest BCUT2D eigenvalue weighted by Crippen LogP contribution is 2.27. The molecule has 41 heavy (non-hydrogen) atoms. The van der Waals surface area contributed by atoms with Gasteiger partial charge in [0.2, 0.25) is 5.91 Å². The third-order valence-corrected chi connectivity index (χ3v) is 9.36. The summed E-state index contributed by atoms with van der Waals surface area (Å²) in [6, 6.07) is 6.43. The molecule has 3 amide bonds. The van der Waals surface area contributed by atoms with Gasteiger partial charge >= 0.3 is 18.1 Å². The Morgan fingerprint density at radius 1 is 1.12 bits per heavy atom. The second kappa shape index (κ2) is 10.6. The molecule has 1 aromatic heterocycles. The number of imidazole rings is 1. The molecule has 218 valence electrons. The molecule has 3 aromatic rings. The molecule has 1 fully saturated rings. The van der Waals surface area contributed by atoms with Gasteiger partial charge in [-0.05, 0) is 54.8 Å². The first-order valence-corrected chi connectivity index (χ1v) is 14.7. The number of alkyl halides is 3. The Balaban J connectivity index is 1.32. The minimum atomic E-state index is -5.32. The molecule has 2 aromatic carbocycles. The summed E-state index contributed by atoms with van der Waals surface area (Å²) >= 11 is 5.97. The third kappa shape index (κ3) is 5.75. The number of hydrogen-bond acceptors (Lipinski definition) is 6. The molecule has 10 nitrogen and oxygen atoms in total. The zero-order chi connectivity index (χ0) is 29.7. The van der Waals surface area contributed by atoms with Crippen molar-refractivity contribution < 1.29 is 36.0 Å². The lowest BCUT2D eigenvalue weighted by Gasteiger charge is -2.37. The summed E-state index contributed by atoms with van der Waals surface area (Å²) in [4.78, 5) is 44.8. The second-order valence-electron chi connectivity index (χ2n) is 10.1. The molecule has 3 heterocycles. The predicted molar refractivity (Wildman–Crippen MR) is 142 cm³/mol. The Morgan fingerprint density at radius 2 is 1.78 bits per heavy atom. The monoisotopic (exact) mass is 611 g/mol. The Hall–Kier alpha value is -3.65. The zero-order valence-corrected chi connectivity index (χ0v) is 23.3. The molecule has 15 heteroatoms. The maximum Gasteiger partial charge on any atom is 0.471 e. The average molecular weight is 612 g/mol. The van der Waals surface area contributed by atoms with E-state index in [0.717, 1.165) is 5.69 Å². The number of benzene rings is 2. The number of nitrogens with zero attached hydrogens (tertiary/aromatic N) is 4. The number of sulfone groups is 1. The molecule has 0 bridgehead atoms. The highest BCUT2D eigenvalue weighted by atomic mass is 35.5. The van der Waals surface area contributed by atoms with Crippen molar-refractivity contribution >= 4 is 50.1 Å². The van der Waals surface area contributed by atoms with Gasteiger partial charge in [0.1, 0.15) is 11.9 Å². The number of carbonyl (C=O) groups excluding carboxylic acids is 3. The van der Waals surface area contributed by atoms with Crippen LogP contribution < -0.4 is 5.32 Å². The highest BCUT2D eigenvalue weighted by Gasteiger charge is 2.43. The molecular weight excluding hydrogens is 587 g/mol. The zero-order valence-electron chi connectivity index (χ0n) is 21.7. The van der Waals surface area contributed by atoms with E-state index in [9.17, 15) is 36.0 Å². The van der Waals surface area contributed by atoms with Gasteiger partial charge in [-0.1, -0.05) is 23.7 Å². The number of nitrogens with one attached hydrogen (secondary N) is 1. The first kappa shape index (κ1) is 28.9. The first-order valence-electron chi connectivity index (χ1n) is 12.7. The fraction of sp³-hybridized carbons (Fsp3) is 0.385. The van der Waals surface area contributed by atoms with Crippen LogP contribution in [-0.2, 0) is 26.0 Å². The lowest BCUT2D eigenvalue weighted by molar-refractivity contribution is -0.175. The summed E-state index contributed by atoms with van der Waals surface area (Å²) in [5, 5.41) is 3.19. The molecule has 1 N–H and O–H groups in total. The van der Waals surface area contributed by atoms with Crippen LogP contribution in [0.25, 0.3) is 10.8 Å². The number of halogens is 4. The molecule has 1 saturated heterocycles. The second-order valence-corrected chi connectivity index (χ2v) is 12.5. The summed E-state index contributed by atoms with van der Waals surface area (Å²) in [5.74, 6) is -3.88. The van der Waals surface area contributed by atoms with Crippen LogP contribution in [0.15, 0.2) is 47.5 Å². The molecule has 0 unspecified atom stereocenters. The summed E-state index contributed by atoms with van der Waals surface area (Å²) in [6.45, 7) is 2.19. The molecule has 1 atom stereocenters. The Kier molecular flexibility index (Phi) is 7.49. The smallest absolute Gasteiger partial charge is 0.341 e. The predicted octanol–water partition coefficient (Wildman–Crippen LogP) is 3.29. The van der Waals surface area contributed by atoms with Crippen LogP contribution in [0.5, 0.6) is 0 Å². The van der Waals surface area contributed by atoms with Crippen molar-refractivity contribution in [1.82, 2.24) is 24.7 Å². The topological polar surface area (TPSA) is 122 Å². The first-order chi connectivity index (χ1) is 19.2. The number of aryl methyl sites for hydroxylation is 1. The molecule has 2 aliphatic rings. The average Bonchev–Trinajstić information content (AvgIpc) is 3.45. The lowest BCUT2D eigenvalue weighted by Crippen LogP contribution is -2.57. The molecule has 5 rings (SSSR count). The Labute approximate surface area is 238 Å². The fourth-order valence-corrected chi connectivity index (χ4v) is 6.88. The van der Waals surface area contributed by atoms with Crippen LogP contribution in [-0.4, -0.2) is 82.7 Å². The van der Waals surface area contributed by atoms with Crippen LogP contribution in [0.2, 0.25) is 5.02 Å². The van der Waals surface area contributed by atoms with Crippen LogP contribution >= 0.6 is 11.6 Å². The van der Waals surface area contributed by atoms with Crippen molar-refractivity contribution in [2.75, 3.05) is 18.8 Å². The summed E-state index contributed by atoms with van der Waals surface area (Å²) in [5.41, 5.74) is 0.739.